The molecule has 30 heavy (non-hydrogen) atoms. The van der Waals surface area contributed by atoms with Crippen LogP contribution in [0.5, 0.6) is 0 Å². The number of piperidine rings is 1. The Morgan fingerprint density at radius 2 is 1.63 bits per heavy atom. The summed E-state index contributed by atoms with van der Waals surface area (Å²) in [5.74, 6) is 0.149. The first-order valence-electron chi connectivity index (χ1n) is 11.3. The van der Waals surface area contributed by atoms with Crippen LogP contribution >= 0.6 is 0 Å². The molecule has 0 bridgehead atoms. The molecule has 2 amide bonds. The minimum absolute atomic E-state index is 0.0266. The van der Waals surface area contributed by atoms with Crippen LogP contribution in [0.2, 0.25) is 0 Å². The Labute approximate surface area is 180 Å². The molecule has 1 aliphatic heterocycles. The van der Waals surface area contributed by atoms with E-state index in [1.54, 1.807) is 0 Å². The average molecular weight is 407 g/mol. The third-order valence-corrected chi connectivity index (χ3v) is 6.04. The highest BCUT2D eigenvalue weighted by Gasteiger charge is 2.30. The van der Waals surface area contributed by atoms with Gasteiger partial charge < -0.3 is 10.2 Å². The van der Waals surface area contributed by atoms with Crippen molar-refractivity contribution in [2.24, 2.45) is 5.92 Å². The topological polar surface area (TPSA) is 49.4 Å². The standard InChI is InChI=1S/C26H34N2O2/c1-3-11-20(2)27-26(30)23-16-10-17-28(19-23)25(29)18-24(21-12-6-4-7-13-21)22-14-8-5-9-15-22/h4-9,12-15,20,23-24H,3,10-11,16-19H2,1-2H3,(H,27,30)/t20-,23+/m0/s1. The molecule has 0 aliphatic carbocycles. The lowest BCUT2D eigenvalue weighted by Crippen LogP contribution is -2.47. The van der Waals surface area contributed by atoms with E-state index in [4.69, 9.17) is 0 Å². The van der Waals surface area contributed by atoms with Crippen LogP contribution in [-0.4, -0.2) is 35.8 Å². The number of amides is 2. The molecule has 3 rings (SSSR count). The van der Waals surface area contributed by atoms with Crippen molar-refractivity contribution in [2.45, 2.75) is 57.9 Å². The summed E-state index contributed by atoms with van der Waals surface area (Å²) < 4.78 is 0. The van der Waals surface area contributed by atoms with E-state index in [1.165, 1.54) is 0 Å². The normalized spacial score (nSPS) is 17.6. The lowest BCUT2D eigenvalue weighted by atomic mass is 9.87. The van der Waals surface area contributed by atoms with Gasteiger partial charge in [-0.15, -0.1) is 0 Å². The fraction of sp³-hybridized carbons (Fsp3) is 0.462. The Balaban J connectivity index is 1.67. The van der Waals surface area contributed by atoms with Gasteiger partial charge in [-0.2, -0.15) is 0 Å². The van der Waals surface area contributed by atoms with Crippen LogP contribution in [0.3, 0.4) is 0 Å². The second-order valence-corrected chi connectivity index (χ2v) is 8.46. The van der Waals surface area contributed by atoms with Gasteiger partial charge in [-0.25, -0.2) is 0 Å². The van der Waals surface area contributed by atoms with Gasteiger partial charge in [0.1, 0.15) is 0 Å². The third-order valence-electron chi connectivity index (χ3n) is 6.04. The number of benzene rings is 2. The van der Waals surface area contributed by atoms with Crippen molar-refractivity contribution in [1.82, 2.24) is 10.2 Å². The third kappa shape index (κ3) is 5.94. The molecular weight excluding hydrogens is 372 g/mol. The maximum absolute atomic E-state index is 13.2. The largest absolute Gasteiger partial charge is 0.353 e. The smallest absolute Gasteiger partial charge is 0.225 e. The van der Waals surface area contributed by atoms with Crippen molar-refractivity contribution < 1.29 is 9.59 Å². The first-order chi connectivity index (χ1) is 14.6. The molecule has 2 atom stereocenters. The van der Waals surface area contributed by atoms with Gasteiger partial charge >= 0.3 is 0 Å². The molecule has 0 aromatic heterocycles. The SMILES string of the molecule is CCC[C@H](C)NC(=O)[C@@H]1CCCN(C(=O)CC(c2ccccc2)c2ccccc2)C1. The number of likely N-dealkylation sites (tertiary alicyclic amines) is 1. The van der Waals surface area contributed by atoms with Crippen molar-refractivity contribution >= 4 is 11.8 Å². The van der Waals surface area contributed by atoms with Crippen LogP contribution in [0.15, 0.2) is 60.7 Å². The quantitative estimate of drug-likeness (QED) is 0.688. The first kappa shape index (κ1) is 22.1. The van der Waals surface area contributed by atoms with Crippen molar-refractivity contribution in [2.75, 3.05) is 13.1 Å². The van der Waals surface area contributed by atoms with Crippen LogP contribution in [0.25, 0.3) is 0 Å². The molecule has 4 nitrogen and oxygen atoms in total. The zero-order valence-electron chi connectivity index (χ0n) is 18.2. The van der Waals surface area contributed by atoms with Gasteiger partial charge in [-0.1, -0.05) is 74.0 Å². The zero-order chi connectivity index (χ0) is 21.3. The van der Waals surface area contributed by atoms with Gasteiger partial charge in [0.15, 0.2) is 0 Å². The summed E-state index contributed by atoms with van der Waals surface area (Å²) in [6, 6.07) is 20.6. The van der Waals surface area contributed by atoms with Crippen LogP contribution in [0.1, 0.15) is 63.0 Å². The molecule has 1 aliphatic rings. The monoisotopic (exact) mass is 406 g/mol. The first-order valence-corrected chi connectivity index (χ1v) is 11.3. The molecule has 0 spiro atoms. The molecule has 1 heterocycles. The maximum atomic E-state index is 13.2. The fourth-order valence-corrected chi connectivity index (χ4v) is 4.39. The summed E-state index contributed by atoms with van der Waals surface area (Å²) in [4.78, 5) is 27.8. The van der Waals surface area contributed by atoms with Crippen LogP contribution < -0.4 is 5.32 Å². The summed E-state index contributed by atoms with van der Waals surface area (Å²) in [6.07, 6.45) is 4.20. The Hall–Kier alpha value is -2.62. The summed E-state index contributed by atoms with van der Waals surface area (Å²) >= 11 is 0. The van der Waals surface area contributed by atoms with E-state index in [2.05, 4.69) is 43.4 Å². The Kier molecular flexibility index (Phi) is 8.06. The van der Waals surface area contributed by atoms with E-state index >= 15 is 0 Å². The predicted octanol–water partition coefficient (Wildman–Crippen LogP) is 4.75. The number of carbonyl (C=O) groups excluding carboxylic acids is 2. The van der Waals surface area contributed by atoms with E-state index in [1.807, 2.05) is 41.3 Å². The van der Waals surface area contributed by atoms with E-state index in [-0.39, 0.29) is 29.7 Å². The van der Waals surface area contributed by atoms with Gasteiger partial charge in [0, 0.05) is 31.5 Å². The number of hydrogen-bond donors (Lipinski definition) is 1. The van der Waals surface area contributed by atoms with E-state index in [0.717, 1.165) is 43.4 Å². The minimum atomic E-state index is -0.103. The highest BCUT2D eigenvalue weighted by molar-refractivity contribution is 5.82. The van der Waals surface area contributed by atoms with Crippen molar-refractivity contribution in [3.63, 3.8) is 0 Å². The van der Waals surface area contributed by atoms with Crippen molar-refractivity contribution in [3.8, 4) is 0 Å². The fourth-order valence-electron chi connectivity index (χ4n) is 4.39. The molecule has 4 heteroatoms. The molecule has 2 aromatic rings. The van der Waals surface area contributed by atoms with Crippen LogP contribution in [-0.2, 0) is 9.59 Å². The highest BCUT2D eigenvalue weighted by atomic mass is 16.2. The molecule has 1 saturated heterocycles. The lowest BCUT2D eigenvalue weighted by Gasteiger charge is -2.33. The molecule has 2 aromatic carbocycles. The van der Waals surface area contributed by atoms with Gasteiger partial charge in [-0.3, -0.25) is 9.59 Å². The van der Waals surface area contributed by atoms with E-state index in [0.29, 0.717) is 13.0 Å². The number of carbonyl (C=O) groups is 2. The zero-order valence-corrected chi connectivity index (χ0v) is 18.2. The van der Waals surface area contributed by atoms with Crippen LogP contribution in [0.4, 0.5) is 0 Å². The van der Waals surface area contributed by atoms with Gasteiger partial charge in [0.05, 0.1) is 5.92 Å². The Bertz CT molecular complexity index is 767. The number of hydrogen-bond acceptors (Lipinski definition) is 2. The van der Waals surface area contributed by atoms with E-state index in [9.17, 15) is 9.59 Å². The molecular formula is C26H34N2O2. The summed E-state index contributed by atoms with van der Waals surface area (Å²) in [5.41, 5.74) is 2.30. The molecule has 0 radical (unpaired) electrons. The second kappa shape index (κ2) is 11.0. The van der Waals surface area contributed by atoms with Crippen molar-refractivity contribution in [1.29, 1.82) is 0 Å². The highest BCUT2D eigenvalue weighted by Crippen LogP contribution is 2.29. The summed E-state index contributed by atoms with van der Waals surface area (Å²) in [5, 5.41) is 3.13. The number of nitrogens with one attached hydrogen (secondary N) is 1. The second-order valence-electron chi connectivity index (χ2n) is 8.46. The predicted molar refractivity (Wildman–Crippen MR) is 121 cm³/mol. The Morgan fingerprint density at radius 3 is 2.20 bits per heavy atom. The molecule has 0 unspecified atom stereocenters. The number of rotatable bonds is 8. The van der Waals surface area contributed by atoms with Gasteiger partial charge in [-0.05, 0) is 37.3 Å². The average Bonchev–Trinajstić information content (AvgIpc) is 2.78. The van der Waals surface area contributed by atoms with Crippen molar-refractivity contribution in [3.05, 3.63) is 71.8 Å². The Morgan fingerprint density at radius 1 is 1.03 bits per heavy atom. The minimum Gasteiger partial charge on any atom is -0.353 e. The molecule has 0 saturated carbocycles. The maximum Gasteiger partial charge on any atom is 0.225 e. The van der Waals surface area contributed by atoms with E-state index < -0.39 is 0 Å². The van der Waals surface area contributed by atoms with Crippen LogP contribution in [0, 0.1) is 5.92 Å². The molecule has 1 fully saturated rings. The van der Waals surface area contributed by atoms with Gasteiger partial charge in [0.25, 0.3) is 0 Å². The van der Waals surface area contributed by atoms with Gasteiger partial charge in [0.2, 0.25) is 11.8 Å². The number of nitrogens with zero attached hydrogens (tertiary/aromatic N) is 1. The lowest BCUT2D eigenvalue weighted by molar-refractivity contribution is -0.136. The summed E-state index contributed by atoms with van der Waals surface area (Å²) in [6.45, 7) is 5.44. The summed E-state index contributed by atoms with van der Waals surface area (Å²) in [7, 11) is 0. The molecule has 160 valence electrons. The molecule has 1 N–H and O–H groups in total.